The average Bonchev–Trinajstić information content (AvgIpc) is 2.70. The molecule has 0 fully saturated rings. The minimum Gasteiger partial charge on any atom is -0.505 e. The Kier molecular flexibility index (Phi) is 3.44. The monoisotopic (exact) mass is 276 g/mol. The van der Waals surface area contributed by atoms with Crippen LogP contribution in [0.2, 0.25) is 0 Å². The Morgan fingerprint density at radius 2 is 1.85 bits per heavy atom. The third-order valence-corrected chi connectivity index (χ3v) is 2.41. The number of aromatic hydroxyl groups is 1. The van der Waals surface area contributed by atoms with Crippen LogP contribution in [-0.2, 0) is 11.8 Å². The van der Waals surface area contributed by atoms with Crippen LogP contribution in [0.1, 0.15) is 31.3 Å². The first-order valence-electron chi connectivity index (χ1n) is 6.04. The topological polar surface area (TPSA) is 90.1 Å². The van der Waals surface area contributed by atoms with E-state index in [1.54, 1.807) is 27.8 Å². The Hall–Kier alpha value is -2.44. The van der Waals surface area contributed by atoms with Crippen molar-refractivity contribution in [2.45, 2.75) is 26.4 Å². The molecule has 0 amide bonds. The maximum absolute atomic E-state index is 12.2. The molecule has 0 aromatic carbocycles. The van der Waals surface area contributed by atoms with Gasteiger partial charge in [-0.05, 0) is 20.8 Å². The average molecular weight is 276 g/mol. The van der Waals surface area contributed by atoms with Gasteiger partial charge in [-0.3, -0.25) is 4.68 Å². The largest absolute Gasteiger partial charge is 0.505 e. The molecule has 0 saturated carbocycles. The van der Waals surface area contributed by atoms with Gasteiger partial charge in [-0.2, -0.15) is 5.10 Å². The molecule has 0 aliphatic heterocycles. The van der Waals surface area contributed by atoms with Gasteiger partial charge in [-0.25, -0.2) is 14.8 Å². The fourth-order valence-corrected chi connectivity index (χ4v) is 1.63. The van der Waals surface area contributed by atoms with E-state index in [0.29, 0.717) is 11.4 Å². The van der Waals surface area contributed by atoms with E-state index in [0.717, 1.165) is 0 Å². The number of aromatic nitrogens is 4. The van der Waals surface area contributed by atoms with Gasteiger partial charge in [0.15, 0.2) is 17.3 Å². The minimum absolute atomic E-state index is 0.0449. The van der Waals surface area contributed by atoms with E-state index < -0.39 is 11.6 Å². The third-order valence-electron chi connectivity index (χ3n) is 2.41. The number of rotatable bonds is 2. The summed E-state index contributed by atoms with van der Waals surface area (Å²) in [7, 11) is 1.64. The zero-order valence-electron chi connectivity index (χ0n) is 11.8. The van der Waals surface area contributed by atoms with Crippen molar-refractivity contribution in [2.24, 2.45) is 7.05 Å². The first kappa shape index (κ1) is 14.0. The lowest BCUT2D eigenvalue weighted by molar-refractivity contribution is 0.00584. The van der Waals surface area contributed by atoms with E-state index in [9.17, 15) is 9.90 Å². The maximum atomic E-state index is 12.2. The smallest absolute Gasteiger partial charge is 0.357 e. The molecule has 2 heterocycles. The van der Waals surface area contributed by atoms with Gasteiger partial charge in [0, 0.05) is 7.05 Å². The SMILES string of the molecule is Cn1ncc(-c2ncc(O)cn2)c1C(=O)OC(C)(C)C. The molecular formula is C13H16N4O3. The van der Waals surface area contributed by atoms with Crippen molar-refractivity contribution < 1.29 is 14.6 Å². The van der Waals surface area contributed by atoms with E-state index in [4.69, 9.17) is 4.74 Å². The van der Waals surface area contributed by atoms with E-state index in [-0.39, 0.29) is 11.4 Å². The van der Waals surface area contributed by atoms with Gasteiger partial charge >= 0.3 is 5.97 Å². The van der Waals surface area contributed by atoms with Crippen molar-refractivity contribution in [3.8, 4) is 17.1 Å². The summed E-state index contributed by atoms with van der Waals surface area (Å²) in [5, 5.41) is 13.2. The van der Waals surface area contributed by atoms with Crippen molar-refractivity contribution in [3.63, 3.8) is 0 Å². The standard InChI is InChI=1S/C13H16N4O3/c1-13(2,3)20-12(19)10-9(7-16-17(10)4)11-14-5-8(18)6-15-11/h5-7,18H,1-4H3. The first-order chi connectivity index (χ1) is 9.28. The summed E-state index contributed by atoms with van der Waals surface area (Å²) >= 11 is 0. The highest BCUT2D eigenvalue weighted by atomic mass is 16.6. The molecule has 2 rings (SSSR count). The molecule has 0 aliphatic carbocycles. The van der Waals surface area contributed by atoms with Gasteiger partial charge in [-0.15, -0.1) is 0 Å². The zero-order valence-corrected chi connectivity index (χ0v) is 11.8. The van der Waals surface area contributed by atoms with Gasteiger partial charge < -0.3 is 9.84 Å². The number of carbonyl (C=O) groups excluding carboxylic acids is 1. The molecule has 0 aliphatic rings. The van der Waals surface area contributed by atoms with Crippen molar-refractivity contribution in [1.82, 2.24) is 19.7 Å². The summed E-state index contributed by atoms with van der Waals surface area (Å²) < 4.78 is 6.76. The van der Waals surface area contributed by atoms with Crippen LogP contribution in [0.4, 0.5) is 0 Å². The normalized spacial score (nSPS) is 11.4. The van der Waals surface area contributed by atoms with Gasteiger partial charge in [0.05, 0.1) is 24.2 Å². The molecule has 20 heavy (non-hydrogen) atoms. The van der Waals surface area contributed by atoms with Crippen molar-refractivity contribution in [1.29, 1.82) is 0 Å². The minimum atomic E-state index is -0.603. The Bertz CT molecular complexity index is 626. The molecule has 0 atom stereocenters. The number of hydrogen-bond acceptors (Lipinski definition) is 6. The second kappa shape index (κ2) is 4.92. The number of esters is 1. The van der Waals surface area contributed by atoms with Crippen molar-refractivity contribution in [2.75, 3.05) is 0 Å². The van der Waals surface area contributed by atoms with Crippen LogP contribution in [0, 0.1) is 0 Å². The molecule has 7 heteroatoms. The van der Waals surface area contributed by atoms with E-state index >= 15 is 0 Å². The van der Waals surface area contributed by atoms with Crippen molar-refractivity contribution in [3.05, 3.63) is 24.3 Å². The quantitative estimate of drug-likeness (QED) is 0.837. The van der Waals surface area contributed by atoms with Crippen LogP contribution in [0.5, 0.6) is 5.75 Å². The molecule has 0 spiro atoms. The third kappa shape index (κ3) is 2.93. The second-order valence-electron chi connectivity index (χ2n) is 5.30. The number of hydrogen-bond donors (Lipinski definition) is 1. The summed E-state index contributed by atoms with van der Waals surface area (Å²) in [4.78, 5) is 20.2. The predicted molar refractivity (Wildman–Crippen MR) is 71.1 cm³/mol. The van der Waals surface area contributed by atoms with Crippen LogP contribution >= 0.6 is 0 Å². The van der Waals surface area contributed by atoms with E-state index in [2.05, 4.69) is 15.1 Å². The molecule has 106 valence electrons. The summed E-state index contributed by atoms with van der Waals surface area (Å²) in [5.41, 5.74) is 0.126. The lowest BCUT2D eigenvalue weighted by Crippen LogP contribution is -2.25. The van der Waals surface area contributed by atoms with Crippen molar-refractivity contribution >= 4 is 5.97 Å². The Labute approximate surface area is 116 Å². The van der Waals surface area contributed by atoms with Crippen LogP contribution in [0.3, 0.4) is 0 Å². The summed E-state index contributed by atoms with van der Waals surface area (Å²) in [6.45, 7) is 5.37. The number of aryl methyl sites for hydroxylation is 1. The van der Waals surface area contributed by atoms with E-state index in [1.807, 2.05) is 0 Å². The zero-order chi connectivity index (χ0) is 14.9. The Balaban J connectivity index is 2.42. The maximum Gasteiger partial charge on any atom is 0.357 e. The summed E-state index contributed by atoms with van der Waals surface area (Å²) in [6.07, 6.45) is 4.01. The lowest BCUT2D eigenvalue weighted by atomic mass is 10.2. The van der Waals surface area contributed by atoms with Gasteiger partial charge in [0.2, 0.25) is 0 Å². The Morgan fingerprint density at radius 3 is 2.40 bits per heavy atom. The highest BCUT2D eigenvalue weighted by molar-refractivity contribution is 5.94. The molecule has 0 unspecified atom stereocenters. The summed E-state index contributed by atoms with van der Waals surface area (Å²) in [5.74, 6) is -0.239. The number of ether oxygens (including phenoxy) is 1. The molecule has 7 nitrogen and oxygen atoms in total. The molecule has 0 radical (unpaired) electrons. The fraction of sp³-hybridized carbons (Fsp3) is 0.385. The van der Waals surface area contributed by atoms with Crippen LogP contribution in [-0.4, -0.2) is 36.4 Å². The first-order valence-corrected chi connectivity index (χ1v) is 6.04. The molecule has 2 aromatic heterocycles. The fourth-order valence-electron chi connectivity index (χ4n) is 1.63. The van der Waals surface area contributed by atoms with Gasteiger partial charge in [0.25, 0.3) is 0 Å². The van der Waals surface area contributed by atoms with E-state index in [1.165, 1.54) is 23.3 Å². The molecule has 2 aromatic rings. The van der Waals surface area contributed by atoms with Crippen LogP contribution in [0.15, 0.2) is 18.6 Å². The lowest BCUT2D eigenvalue weighted by Gasteiger charge is -2.19. The van der Waals surface area contributed by atoms with Gasteiger partial charge in [-0.1, -0.05) is 0 Å². The molecular weight excluding hydrogens is 260 g/mol. The molecule has 1 N–H and O–H groups in total. The molecule has 0 saturated heterocycles. The second-order valence-corrected chi connectivity index (χ2v) is 5.30. The molecule has 0 bridgehead atoms. The number of nitrogens with zero attached hydrogens (tertiary/aromatic N) is 4. The summed E-state index contributed by atoms with van der Waals surface area (Å²) in [6, 6.07) is 0. The number of carbonyl (C=O) groups is 1. The van der Waals surface area contributed by atoms with Gasteiger partial charge in [0.1, 0.15) is 5.60 Å². The highest BCUT2D eigenvalue weighted by Crippen LogP contribution is 2.22. The highest BCUT2D eigenvalue weighted by Gasteiger charge is 2.25. The van der Waals surface area contributed by atoms with Crippen LogP contribution < -0.4 is 0 Å². The van der Waals surface area contributed by atoms with Crippen LogP contribution in [0.25, 0.3) is 11.4 Å². The predicted octanol–water partition coefficient (Wildman–Crippen LogP) is 1.54. The Morgan fingerprint density at radius 1 is 1.25 bits per heavy atom.